The molecule has 0 spiro atoms. The zero-order valence-corrected chi connectivity index (χ0v) is 14.1. The molecule has 0 atom stereocenters. The number of hydrogen-bond acceptors (Lipinski definition) is 4. The molecular formula is C17H18F3N3O3. The van der Waals surface area contributed by atoms with E-state index >= 15 is 0 Å². The number of halogens is 3. The van der Waals surface area contributed by atoms with Gasteiger partial charge < -0.3 is 25.3 Å². The summed E-state index contributed by atoms with van der Waals surface area (Å²) in [7, 11) is 2.99. The van der Waals surface area contributed by atoms with Crippen molar-refractivity contribution in [2.24, 2.45) is 10.7 Å². The molecule has 6 nitrogen and oxygen atoms in total. The third-order valence-electron chi connectivity index (χ3n) is 3.37. The number of guanidine groups is 1. The molecule has 0 aliphatic rings. The minimum absolute atomic E-state index is 0.0668. The molecule has 2 aromatic rings. The number of nitrogens with zero attached hydrogens (tertiary/aromatic N) is 1. The highest BCUT2D eigenvalue weighted by Crippen LogP contribution is 2.29. The van der Waals surface area contributed by atoms with Crippen molar-refractivity contribution < 1.29 is 27.4 Å². The maximum Gasteiger partial charge on any atom is 0.387 e. The van der Waals surface area contributed by atoms with Crippen LogP contribution in [0.4, 0.5) is 18.9 Å². The lowest BCUT2D eigenvalue weighted by Gasteiger charge is -2.13. The van der Waals surface area contributed by atoms with Crippen molar-refractivity contribution in [3.8, 4) is 17.2 Å². The van der Waals surface area contributed by atoms with Crippen LogP contribution in [0.1, 0.15) is 5.56 Å². The molecule has 2 rings (SSSR count). The van der Waals surface area contributed by atoms with Gasteiger partial charge in [-0.05, 0) is 24.3 Å². The molecule has 2 aromatic carbocycles. The van der Waals surface area contributed by atoms with Crippen LogP contribution in [-0.2, 0) is 6.54 Å². The summed E-state index contributed by atoms with van der Waals surface area (Å²) in [5.74, 6) is -0.0450. The average Bonchev–Trinajstić information content (AvgIpc) is 2.60. The first-order valence-corrected chi connectivity index (χ1v) is 7.45. The SMILES string of the molecule is COc1ccc(OC)c(NC(N)=NCc2c(F)cccc2OC(F)F)c1. The lowest BCUT2D eigenvalue weighted by atomic mass is 10.2. The largest absolute Gasteiger partial charge is 0.497 e. The zero-order valence-electron chi connectivity index (χ0n) is 14.1. The van der Waals surface area contributed by atoms with Crippen LogP contribution in [0.15, 0.2) is 41.4 Å². The van der Waals surface area contributed by atoms with Crippen LogP contribution in [0.3, 0.4) is 0 Å². The van der Waals surface area contributed by atoms with Crippen LogP contribution in [0, 0.1) is 5.82 Å². The predicted molar refractivity (Wildman–Crippen MR) is 91.5 cm³/mol. The Kier molecular flexibility index (Phi) is 6.54. The van der Waals surface area contributed by atoms with Gasteiger partial charge in [0.15, 0.2) is 5.96 Å². The third-order valence-corrected chi connectivity index (χ3v) is 3.37. The number of alkyl halides is 2. The first-order valence-electron chi connectivity index (χ1n) is 7.45. The van der Waals surface area contributed by atoms with Gasteiger partial charge in [0.25, 0.3) is 0 Å². The minimum atomic E-state index is -3.07. The molecule has 0 saturated heterocycles. The lowest BCUT2D eigenvalue weighted by Crippen LogP contribution is -2.23. The molecule has 9 heteroatoms. The van der Waals surface area contributed by atoms with E-state index in [0.29, 0.717) is 17.2 Å². The van der Waals surface area contributed by atoms with Crippen molar-refractivity contribution in [1.29, 1.82) is 0 Å². The van der Waals surface area contributed by atoms with Crippen LogP contribution in [-0.4, -0.2) is 26.8 Å². The molecule has 0 aliphatic carbocycles. The van der Waals surface area contributed by atoms with E-state index in [9.17, 15) is 13.2 Å². The highest BCUT2D eigenvalue weighted by atomic mass is 19.3. The maximum atomic E-state index is 13.9. The fourth-order valence-electron chi connectivity index (χ4n) is 2.15. The van der Waals surface area contributed by atoms with Crippen LogP contribution < -0.4 is 25.3 Å². The van der Waals surface area contributed by atoms with Gasteiger partial charge in [-0.25, -0.2) is 9.38 Å². The number of methoxy groups -OCH3 is 2. The van der Waals surface area contributed by atoms with Crippen molar-refractivity contribution in [3.63, 3.8) is 0 Å². The van der Waals surface area contributed by atoms with E-state index in [-0.39, 0.29) is 23.8 Å². The summed E-state index contributed by atoms with van der Waals surface area (Å²) in [5.41, 5.74) is 6.15. The van der Waals surface area contributed by atoms with E-state index < -0.39 is 12.4 Å². The highest BCUT2D eigenvalue weighted by Gasteiger charge is 2.14. The molecule has 0 heterocycles. The Morgan fingerprint density at radius 3 is 2.58 bits per heavy atom. The lowest BCUT2D eigenvalue weighted by molar-refractivity contribution is -0.0506. The summed E-state index contributed by atoms with van der Waals surface area (Å²) in [6.45, 7) is -3.36. The van der Waals surface area contributed by atoms with Gasteiger partial charge >= 0.3 is 6.61 Å². The van der Waals surface area contributed by atoms with Gasteiger partial charge in [0.05, 0.1) is 32.0 Å². The van der Waals surface area contributed by atoms with Gasteiger partial charge in [-0.3, -0.25) is 0 Å². The van der Waals surface area contributed by atoms with Gasteiger partial charge in [-0.1, -0.05) is 6.07 Å². The number of nitrogens with one attached hydrogen (secondary N) is 1. The Morgan fingerprint density at radius 1 is 1.15 bits per heavy atom. The molecule has 0 aliphatic heterocycles. The molecule has 0 amide bonds. The van der Waals surface area contributed by atoms with Crippen molar-refractivity contribution in [1.82, 2.24) is 0 Å². The summed E-state index contributed by atoms with van der Waals surface area (Å²) in [5, 5.41) is 2.80. The molecule has 0 bridgehead atoms. The van der Waals surface area contributed by atoms with Gasteiger partial charge in [0.2, 0.25) is 0 Å². The minimum Gasteiger partial charge on any atom is -0.497 e. The molecule has 3 N–H and O–H groups in total. The molecule has 0 fully saturated rings. The highest BCUT2D eigenvalue weighted by molar-refractivity contribution is 5.94. The van der Waals surface area contributed by atoms with Crippen molar-refractivity contribution in [2.45, 2.75) is 13.2 Å². The number of anilines is 1. The second-order valence-electron chi connectivity index (χ2n) is 4.99. The van der Waals surface area contributed by atoms with Crippen molar-refractivity contribution in [2.75, 3.05) is 19.5 Å². The average molecular weight is 369 g/mol. The standard InChI is InChI=1S/C17H18F3N3O3/c1-24-10-6-7-15(25-2)13(8-10)23-17(21)22-9-11-12(18)4-3-5-14(11)26-16(19)20/h3-8,16H,9H2,1-2H3,(H3,21,22,23). The topological polar surface area (TPSA) is 78.1 Å². The van der Waals surface area contributed by atoms with Crippen LogP contribution >= 0.6 is 0 Å². The molecule has 0 saturated carbocycles. The fraction of sp³-hybridized carbons (Fsp3) is 0.235. The van der Waals surface area contributed by atoms with E-state index in [1.54, 1.807) is 18.2 Å². The number of hydrogen-bond donors (Lipinski definition) is 2. The Hall–Kier alpha value is -3.10. The Bertz CT molecular complexity index is 785. The number of rotatable bonds is 7. The Balaban J connectivity index is 2.19. The third kappa shape index (κ3) is 4.95. The van der Waals surface area contributed by atoms with E-state index in [1.165, 1.54) is 26.4 Å². The second-order valence-corrected chi connectivity index (χ2v) is 4.99. The Labute approximate surface area is 148 Å². The van der Waals surface area contributed by atoms with Gasteiger partial charge in [0, 0.05) is 6.07 Å². The first kappa shape index (κ1) is 19.2. The summed E-state index contributed by atoms with van der Waals surface area (Å²) in [6.07, 6.45) is 0. The second kappa shape index (κ2) is 8.84. The molecule has 0 unspecified atom stereocenters. The quantitative estimate of drug-likeness (QED) is 0.578. The van der Waals surface area contributed by atoms with Crippen LogP contribution in [0.5, 0.6) is 17.2 Å². The van der Waals surface area contributed by atoms with Crippen molar-refractivity contribution in [3.05, 3.63) is 47.8 Å². The summed E-state index contributed by atoms with van der Waals surface area (Å²) in [6, 6.07) is 8.62. The van der Waals surface area contributed by atoms with Gasteiger partial charge in [-0.2, -0.15) is 8.78 Å². The van der Waals surface area contributed by atoms with Crippen molar-refractivity contribution >= 4 is 11.6 Å². The van der Waals surface area contributed by atoms with E-state index in [1.807, 2.05) is 0 Å². The van der Waals surface area contributed by atoms with Gasteiger partial charge in [-0.15, -0.1) is 0 Å². The predicted octanol–water partition coefficient (Wildman–Crippen LogP) is 3.37. The zero-order chi connectivity index (χ0) is 19.1. The maximum absolute atomic E-state index is 13.9. The molecule has 0 aromatic heterocycles. The Morgan fingerprint density at radius 2 is 1.92 bits per heavy atom. The van der Waals surface area contributed by atoms with Crippen LogP contribution in [0.2, 0.25) is 0 Å². The molecule has 140 valence electrons. The summed E-state index contributed by atoms with van der Waals surface area (Å²) < 4.78 is 53.4. The van der Waals surface area contributed by atoms with Gasteiger partial charge in [0.1, 0.15) is 23.1 Å². The van der Waals surface area contributed by atoms with E-state index in [2.05, 4.69) is 15.0 Å². The molecule has 26 heavy (non-hydrogen) atoms. The number of ether oxygens (including phenoxy) is 3. The number of benzene rings is 2. The fourth-order valence-corrected chi connectivity index (χ4v) is 2.15. The summed E-state index contributed by atoms with van der Waals surface area (Å²) >= 11 is 0. The summed E-state index contributed by atoms with van der Waals surface area (Å²) in [4.78, 5) is 3.97. The smallest absolute Gasteiger partial charge is 0.387 e. The number of nitrogens with two attached hydrogens (primary N) is 1. The molecular weight excluding hydrogens is 351 g/mol. The number of aliphatic imine (C=N–C) groups is 1. The monoisotopic (exact) mass is 369 g/mol. The normalized spacial score (nSPS) is 11.4. The van der Waals surface area contributed by atoms with E-state index in [0.717, 1.165) is 6.07 Å². The van der Waals surface area contributed by atoms with E-state index in [4.69, 9.17) is 15.2 Å². The first-order chi connectivity index (χ1) is 12.4. The van der Waals surface area contributed by atoms with Crippen LogP contribution in [0.25, 0.3) is 0 Å². The molecule has 0 radical (unpaired) electrons.